The van der Waals surface area contributed by atoms with Gasteiger partial charge in [0.2, 0.25) is 0 Å². The number of hydrogen-bond donors (Lipinski definition) is 0. The first kappa shape index (κ1) is 10.6. The minimum atomic E-state index is 0.643. The molecule has 76 valence electrons. The molecule has 0 amide bonds. The molecule has 3 rings (SSSR count). The Kier molecular flexibility index (Phi) is 3.10. The van der Waals surface area contributed by atoms with Gasteiger partial charge in [-0.15, -0.1) is 0 Å². The molecule has 15 heavy (non-hydrogen) atoms. The van der Waals surface area contributed by atoms with E-state index in [0.717, 1.165) is 15.0 Å². The molecule has 0 atom stereocenters. The van der Waals surface area contributed by atoms with Crippen LogP contribution in [0.4, 0.5) is 0 Å². The fourth-order valence-corrected chi connectivity index (χ4v) is 10.5. The normalized spacial score (nSPS) is 14.2. The molecule has 2 aromatic rings. The van der Waals surface area contributed by atoms with Gasteiger partial charge in [0, 0.05) is 0 Å². The number of fused-ring (bicyclic) bond motifs is 1. The van der Waals surface area contributed by atoms with Crippen molar-refractivity contribution < 1.29 is 0 Å². The Morgan fingerprint density at radius 1 is 1.13 bits per heavy atom. The topological polar surface area (TPSA) is 0 Å². The monoisotopic (exact) mass is 440 g/mol. The third kappa shape index (κ3) is 1.89. The summed E-state index contributed by atoms with van der Waals surface area (Å²) in [6.07, 6.45) is 1.35. The summed E-state index contributed by atoms with van der Waals surface area (Å²) in [5.74, 6) is 0. The second-order valence-corrected chi connectivity index (χ2v) is 10.3. The van der Waals surface area contributed by atoms with Gasteiger partial charge in [0.1, 0.15) is 0 Å². The average molecular weight is 438 g/mol. The second-order valence-electron chi connectivity index (χ2n) is 3.48. The minimum absolute atomic E-state index is 0.643. The first-order chi connectivity index (χ1) is 7.36. The maximum absolute atomic E-state index is 2.56. The Balaban J connectivity index is 2.14. The number of benzene rings is 1. The Hall–Kier alpha value is 0.469. The van der Waals surface area contributed by atoms with E-state index in [-0.39, 0.29) is 0 Å². The molecule has 0 spiro atoms. The van der Waals surface area contributed by atoms with Crippen LogP contribution in [0.3, 0.4) is 0 Å². The van der Waals surface area contributed by atoms with E-state index in [4.69, 9.17) is 0 Å². The molecule has 0 aliphatic carbocycles. The zero-order valence-electron chi connectivity index (χ0n) is 8.00. The van der Waals surface area contributed by atoms with Crippen molar-refractivity contribution in [1.29, 1.82) is 0 Å². The summed E-state index contributed by atoms with van der Waals surface area (Å²) in [6.45, 7) is 0. The molecule has 1 aromatic carbocycles. The predicted molar refractivity (Wildman–Crippen MR) is 75.4 cm³/mol. The van der Waals surface area contributed by atoms with Crippen molar-refractivity contribution in [3.05, 3.63) is 39.5 Å². The molecular formula is C12H9ISe2. The van der Waals surface area contributed by atoms with Crippen molar-refractivity contribution in [2.24, 2.45) is 0 Å². The molecule has 3 heteroatoms. The van der Waals surface area contributed by atoms with Crippen LogP contribution in [0.15, 0.2) is 30.3 Å². The van der Waals surface area contributed by atoms with Crippen molar-refractivity contribution in [3.8, 4) is 10.0 Å². The van der Waals surface area contributed by atoms with Gasteiger partial charge < -0.3 is 0 Å². The zero-order valence-corrected chi connectivity index (χ0v) is 13.6. The quantitative estimate of drug-likeness (QED) is 0.474. The summed E-state index contributed by atoms with van der Waals surface area (Å²) in [5.41, 5.74) is 3.17. The molecule has 0 radical (unpaired) electrons. The number of rotatable bonds is 1. The molecule has 2 heterocycles. The van der Waals surface area contributed by atoms with E-state index in [0.29, 0.717) is 14.5 Å². The molecule has 0 fully saturated rings. The Labute approximate surface area is 116 Å². The summed E-state index contributed by atoms with van der Waals surface area (Å²) < 4.78 is 5.04. The van der Waals surface area contributed by atoms with Gasteiger partial charge in [0.25, 0.3) is 0 Å². The third-order valence-electron chi connectivity index (χ3n) is 2.53. The average Bonchev–Trinajstić information content (AvgIpc) is 2.83. The van der Waals surface area contributed by atoms with Crippen LogP contribution in [0.25, 0.3) is 10.0 Å². The van der Waals surface area contributed by atoms with E-state index < -0.39 is 0 Å². The first-order valence-electron chi connectivity index (χ1n) is 4.85. The summed E-state index contributed by atoms with van der Waals surface area (Å²) in [5, 5.41) is 1.45. The van der Waals surface area contributed by atoms with Gasteiger partial charge in [-0.25, -0.2) is 0 Å². The summed E-state index contributed by atoms with van der Waals surface area (Å²) >= 11 is 4.03. The fourth-order valence-electron chi connectivity index (χ4n) is 1.78. The summed E-state index contributed by atoms with van der Waals surface area (Å²) in [7, 11) is 0. The van der Waals surface area contributed by atoms with Gasteiger partial charge in [-0.05, 0) is 0 Å². The molecule has 0 bridgehead atoms. The fraction of sp³-hybridized carbons (Fsp3) is 0.167. The van der Waals surface area contributed by atoms with Crippen molar-refractivity contribution in [2.75, 3.05) is 0 Å². The van der Waals surface area contributed by atoms with E-state index in [9.17, 15) is 0 Å². The van der Waals surface area contributed by atoms with Crippen LogP contribution in [0.2, 0.25) is 5.32 Å². The van der Waals surface area contributed by atoms with Gasteiger partial charge in [-0.3, -0.25) is 0 Å². The number of halogens is 1. The van der Waals surface area contributed by atoms with E-state index in [1.807, 2.05) is 3.34 Å². The van der Waals surface area contributed by atoms with Crippen LogP contribution in [-0.4, -0.2) is 29.5 Å². The summed E-state index contributed by atoms with van der Waals surface area (Å²) in [6, 6.07) is 10.9. The van der Waals surface area contributed by atoms with Crippen molar-refractivity contribution in [2.45, 2.75) is 11.7 Å². The number of hydrogen-bond acceptors (Lipinski definition) is 0. The molecule has 0 saturated carbocycles. The first-order valence-corrected chi connectivity index (χ1v) is 9.71. The van der Waals surface area contributed by atoms with Gasteiger partial charge in [-0.2, -0.15) is 0 Å². The van der Waals surface area contributed by atoms with Crippen LogP contribution in [0, 0.1) is 3.57 Å². The van der Waals surface area contributed by atoms with Crippen molar-refractivity contribution in [1.82, 2.24) is 0 Å². The molecule has 0 saturated heterocycles. The van der Waals surface area contributed by atoms with Crippen molar-refractivity contribution in [3.63, 3.8) is 0 Å². The van der Waals surface area contributed by atoms with E-state index in [1.165, 1.54) is 17.3 Å². The molecule has 0 N–H and O–H groups in total. The molecular weight excluding hydrogens is 429 g/mol. The van der Waals surface area contributed by atoms with Gasteiger partial charge in [-0.1, -0.05) is 0 Å². The Morgan fingerprint density at radius 3 is 2.67 bits per heavy atom. The predicted octanol–water partition coefficient (Wildman–Crippen LogP) is 2.32. The molecule has 1 aliphatic heterocycles. The molecule has 0 nitrogen and oxygen atoms in total. The van der Waals surface area contributed by atoms with Gasteiger partial charge in [0.05, 0.1) is 0 Å². The molecule has 1 aromatic heterocycles. The van der Waals surface area contributed by atoms with Crippen LogP contribution in [0.5, 0.6) is 0 Å². The SMILES string of the molecule is Ic1c(-c2ccccc2)[se]c2c1CC[Se]2. The Bertz CT molecular complexity index is 488. The van der Waals surface area contributed by atoms with E-state index >= 15 is 0 Å². The van der Waals surface area contributed by atoms with Crippen molar-refractivity contribution >= 4 is 55.4 Å². The second kappa shape index (κ2) is 4.38. The van der Waals surface area contributed by atoms with Crippen LogP contribution >= 0.6 is 22.6 Å². The van der Waals surface area contributed by atoms with Crippen LogP contribution in [0.1, 0.15) is 5.56 Å². The standard InChI is InChI=1S/C12H9ISe2/c13-10-9-6-7-14-12(9)15-11(10)8-4-2-1-3-5-8/h1-5H,6-7H2. The third-order valence-corrected chi connectivity index (χ3v) is 10.9. The van der Waals surface area contributed by atoms with Crippen LogP contribution in [-0.2, 0) is 6.42 Å². The maximum atomic E-state index is 2.56. The van der Waals surface area contributed by atoms with E-state index in [2.05, 4.69) is 52.9 Å². The van der Waals surface area contributed by atoms with E-state index in [1.54, 1.807) is 13.6 Å². The van der Waals surface area contributed by atoms with Gasteiger partial charge >= 0.3 is 117 Å². The Morgan fingerprint density at radius 2 is 1.93 bits per heavy atom. The van der Waals surface area contributed by atoms with Crippen LogP contribution < -0.4 is 3.34 Å². The molecule has 1 aliphatic rings. The molecule has 0 unspecified atom stereocenters. The van der Waals surface area contributed by atoms with Gasteiger partial charge in [0.15, 0.2) is 0 Å². The summed E-state index contributed by atoms with van der Waals surface area (Å²) in [4.78, 5) is 0. The zero-order chi connectivity index (χ0) is 10.3.